The van der Waals surface area contributed by atoms with E-state index in [1.54, 1.807) is 6.07 Å². The highest BCUT2D eigenvalue weighted by atomic mass is 32.1. The van der Waals surface area contributed by atoms with Crippen LogP contribution < -0.4 is 5.73 Å². The van der Waals surface area contributed by atoms with Crippen molar-refractivity contribution < 1.29 is 9.90 Å². The number of carbonyl (C=O) groups is 1. The van der Waals surface area contributed by atoms with Crippen molar-refractivity contribution >= 4 is 23.0 Å². The second-order valence-electron chi connectivity index (χ2n) is 3.75. The lowest BCUT2D eigenvalue weighted by Gasteiger charge is -1.99. The highest BCUT2D eigenvalue weighted by Crippen LogP contribution is 2.33. The van der Waals surface area contributed by atoms with Crippen molar-refractivity contribution in [3.8, 4) is 10.4 Å². The maximum absolute atomic E-state index is 10.9. The van der Waals surface area contributed by atoms with Gasteiger partial charge >= 0.3 is 5.97 Å². The lowest BCUT2D eigenvalue weighted by atomic mass is 10.1. The summed E-state index contributed by atoms with van der Waals surface area (Å²) in [4.78, 5) is 12.0. The summed E-state index contributed by atoms with van der Waals surface area (Å²) in [6.07, 6.45) is 0.993. The molecule has 3 N–H and O–H groups in total. The molecule has 1 aromatic heterocycles. The number of thiophene rings is 1. The molecule has 0 aliphatic carbocycles. The summed E-state index contributed by atoms with van der Waals surface area (Å²) in [5.41, 5.74) is 8.26. The second-order valence-corrected chi connectivity index (χ2v) is 4.80. The molecule has 0 aliphatic heterocycles. The molecular formula is C13H13NO2S. The van der Waals surface area contributed by atoms with Gasteiger partial charge in [-0.3, -0.25) is 0 Å². The number of rotatable bonds is 3. The maximum Gasteiger partial charge on any atom is 0.348 e. The van der Waals surface area contributed by atoms with Gasteiger partial charge in [-0.1, -0.05) is 31.2 Å². The van der Waals surface area contributed by atoms with Crippen LogP contribution in [0.1, 0.15) is 22.2 Å². The quantitative estimate of drug-likeness (QED) is 0.875. The van der Waals surface area contributed by atoms with Gasteiger partial charge in [-0.25, -0.2) is 4.79 Å². The third kappa shape index (κ3) is 2.31. The first-order valence-corrected chi connectivity index (χ1v) is 6.15. The van der Waals surface area contributed by atoms with Crippen LogP contribution in [0.15, 0.2) is 30.3 Å². The molecule has 0 amide bonds. The number of nitrogens with two attached hydrogens (primary N) is 1. The number of hydrogen-bond donors (Lipinski definition) is 2. The molecule has 0 fully saturated rings. The smallest absolute Gasteiger partial charge is 0.348 e. The third-order valence-corrected chi connectivity index (χ3v) is 3.79. The summed E-state index contributed by atoms with van der Waals surface area (Å²) < 4.78 is 0. The van der Waals surface area contributed by atoms with E-state index in [0.717, 1.165) is 16.9 Å². The Balaban J connectivity index is 2.39. The Morgan fingerprint density at radius 3 is 2.47 bits per heavy atom. The summed E-state index contributed by atoms with van der Waals surface area (Å²) in [6.45, 7) is 2.10. The Kier molecular flexibility index (Phi) is 3.15. The zero-order chi connectivity index (χ0) is 12.4. The zero-order valence-electron chi connectivity index (χ0n) is 9.43. The topological polar surface area (TPSA) is 63.3 Å². The number of aryl methyl sites for hydroxylation is 1. The van der Waals surface area contributed by atoms with Crippen molar-refractivity contribution in [2.45, 2.75) is 13.3 Å². The molecule has 3 nitrogen and oxygen atoms in total. The molecule has 0 radical (unpaired) electrons. The number of aromatic carboxylic acids is 1. The van der Waals surface area contributed by atoms with Crippen LogP contribution in [-0.2, 0) is 6.42 Å². The van der Waals surface area contributed by atoms with Crippen molar-refractivity contribution in [1.82, 2.24) is 0 Å². The molecule has 2 aromatic rings. The van der Waals surface area contributed by atoms with Gasteiger partial charge in [0.1, 0.15) is 4.88 Å². The summed E-state index contributed by atoms with van der Waals surface area (Å²) in [5.74, 6) is -0.969. The van der Waals surface area contributed by atoms with Crippen LogP contribution >= 0.6 is 11.3 Å². The predicted molar refractivity (Wildman–Crippen MR) is 70.5 cm³/mol. The van der Waals surface area contributed by atoms with Crippen LogP contribution in [-0.4, -0.2) is 11.1 Å². The third-order valence-electron chi connectivity index (χ3n) is 2.60. The van der Waals surface area contributed by atoms with Crippen LogP contribution in [0.3, 0.4) is 0 Å². The van der Waals surface area contributed by atoms with Crippen molar-refractivity contribution in [2.24, 2.45) is 0 Å². The minimum absolute atomic E-state index is 0.208. The number of benzene rings is 1. The average Bonchev–Trinajstić information content (AvgIpc) is 2.71. The summed E-state index contributed by atoms with van der Waals surface area (Å²) >= 11 is 1.21. The number of hydrogen-bond acceptors (Lipinski definition) is 3. The van der Waals surface area contributed by atoms with Gasteiger partial charge in [-0.05, 0) is 23.6 Å². The molecule has 0 spiro atoms. The van der Waals surface area contributed by atoms with E-state index in [0.29, 0.717) is 5.69 Å². The second kappa shape index (κ2) is 4.59. The van der Waals surface area contributed by atoms with E-state index in [-0.39, 0.29) is 4.88 Å². The highest BCUT2D eigenvalue weighted by Gasteiger charge is 2.13. The number of carboxylic acid groups (broad SMARTS) is 1. The molecule has 2 rings (SSSR count). The van der Waals surface area contributed by atoms with Crippen LogP contribution in [0.25, 0.3) is 10.4 Å². The van der Waals surface area contributed by atoms with Crippen LogP contribution in [0.4, 0.5) is 5.69 Å². The van der Waals surface area contributed by atoms with Gasteiger partial charge in [0.15, 0.2) is 0 Å². The van der Waals surface area contributed by atoms with Crippen molar-refractivity contribution in [3.05, 3.63) is 40.8 Å². The van der Waals surface area contributed by atoms with Gasteiger partial charge < -0.3 is 10.8 Å². The highest BCUT2D eigenvalue weighted by molar-refractivity contribution is 7.17. The minimum atomic E-state index is -0.969. The Morgan fingerprint density at radius 2 is 2.00 bits per heavy atom. The Morgan fingerprint density at radius 1 is 1.35 bits per heavy atom. The molecule has 0 atom stereocenters. The normalized spacial score (nSPS) is 10.4. The van der Waals surface area contributed by atoms with Crippen LogP contribution in [0, 0.1) is 0 Å². The molecule has 88 valence electrons. The van der Waals surface area contributed by atoms with E-state index in [1.165, 1.54) is 16.9 Å². The largest absolute Gasteiger partial charge is 0.477 e. The molecule has 0 saturated carbocycles. The van der Waals surface area contributed by atoms with E-state index < -0.39 is 5.97 Å². The summed E-state index contributed by atoms with van der Waals surface area (Å²) in [7, 11) is 0. The van der Waals surface area contributed by atoms with Gasteiger partial charge in [-0.2, -0.15) is 0 Å². The van der Waals surface area contributed by atoms with E-state index in [1.807, 2.05) is 24.3 Å². The SMILES string of the molecule is CCc1ccc(-c2cc(N)c(C(=O)O)s2)cc1. The molecule has 0 saturated heterocycles. The van der Waals surface area contributed by atoms with Crippen molar-refractivity contribution in [3.63, 3.8) is 0 Å². The average molecular weight is 247 g/mol. The monoisotopic (exact) mass is 247 g/mol. The van der Waals surface area contributed by atoms with Gasteiger partial charge in [0.2, 0.25) is 0 Å². The van der Waals surface area contributed by atoms with Gasteiger partial charge in [0.25, 0.3) is 0 Å². The first kappa shape index (κ1) is 11.7. The molecule has 4 heteroatoms. The maximum atomic E-state index is 10.9. The molecule has 1 heterocycles. The Bertz CT molecular complexity index is 543. The number of nitrogen functional groups attached to an aromatic ring is 1. The molecule has 17 heavy (non-hydrogen) atoms. The van der Waals surface area contributed by atoms with Crippen LogP contribution in [0.2, 0.25) is 0 Å². The lowest BCUT2D eigenvalue weighted by molar-refractivity contribution is 0.0703. The van der Waals surface area contributed by atoms with Gasteiger partial charge in [0, 0.05) is 4.88 Å². The van der Waals surface area contributed by atoms with Gasteiger partial charge in [0.05, 0.1) is 5.69 Å². The fourth-order valence-electron chi connectivity index (χ4n) is 1.62. The Labute approximate surface area is 104 Å². The number of carboxylic acids is 1. The van der Waals surface area contributed by atoms with E-state index in [2.05, 4.69) is 6.92 Å². The molecule has 0 bridgehead atoms. The molecule has 1 aromatic carbocycles. The first-order chi connectivity index (χ1) is 8.11. The van der Waals surface area contributed by atoms with Crippen molar-refractivity contribution in [2.75, 3.05) is 5.73 Å². The van der Waals surface area contributed by atoms with Crippen LogP contribution in [0.5, 0.6) is 0 Å². The first-order valence-electron chi connectivity index (χ1n) is 5.33. The Hall–Kier alpha value is -1.81. The zero-order valence-corrected chi connectivity index (χ0v) is 10.3. The van der Waals surface area contributed by atoms with Crippen molar-refractivity contribution in [1.29, 1.82) is 0 Å². The summed E-state index contributed by atoms with van der Waals surface area (Å²) in [5, 5.41) is 8.94. The minimum Gasteiger partial charge on any atom is -0.477 e. The fourth-order valence-corrected chi connectivity index (χ4v) is 2.54. The summed E-state index contributed by atoms with van der Waals surface area (Å²) in [6, 6.07) is 9.80. The molecule has 0 unspecified atom stereocenters. The molecular weight excluding hydrogens is 234 g/mol. The van der Waals surface area contributed by atoms with E-state index in [4.69, 9.17) is 10.8 Å². The number of anilines is 1. The lowest BCUT2D eigenvalue weighted by Crippen LogP contribution is -1.96. The fraction of sp³-hybridized carbons (Fsp3) is 0.154. The molecule has 0 aliphatic rings. The standard InChI is InChI=1S/C13H13NO2S/c1-2-8-3-5-9(6-4-8)11-7-10(14)12(17-11)13(15)16/h3-7H,2,14H2,1H3,(H,15,16). The predicted octanol–water partition coefficient (Wildman–Crippen LogP) is 3.26. The van der Waals surface area contributed by atoms with Gasteiger partial charge in [-0.15, -0.1) is 11.3 Å². The van der Waals surface area contributed by atoms with E-state index in [9.17, 15) is 4.79 Å². The van der Waals surface area contributed by atoms with E-state index >= 15 is 0 Å².